The standard InChI is InChI=1S/C12H23NO4/c1-10(2,9(14)15)11(3,4)13-7-12(8-13,16-5)17-6/h7-8H2,1-6H3,(H,14,15). The van der Waals surface area contributed by atoms with Gasteiger partial charge in [0.1, 0.15) is 0 Å². The van der Waals surface area contributed by atoms with Gasteiger partial charge >= 0.3 is 5.97 Å². The Hall–Kier alpha value is -0.650. The predicted molar refractivity (Wildman–Crippen MR) is 63.8 cm³/mol. The van der Waals surface area contributed by atoms with E-state index in [4.69, 9.17) is 9.47 Å². The molecule has 17 heavy (non-hydrogen) atoms. The number of likely N-dealkylation sites (tertiary alicyclic amines) is 1. The minimum absolute atomic E-state index is 0.459. The Morgan fingerprint density at radius 1 is 1.18 bits per heavy atom. The molecule has 0 aromatic rings. The molecule has 1 fully saturated rings. The van der Waals surface area contributed by atoms with E-state index in [2.05, 4.69) is 4.90 Å². The predicted octanol–water partition coefficient (Wildman–Crippen LogP) is 1.18. The lowest BCUT2D eigenvalue weighted by atomic mass is 9.71. The van der Waals surface area contributed by atoms with Crippen LogP contribution in [0, 0.1) is 5.41 Å². The molecule has 1 heterocycles. The van der Waals surface area contributed by atoms with E-state index in [0.717, 1.165) is 0 Å². The summed E-state index contributed by atoms with van der Waals surface area (Å²) in [5, 5.41) is 9.30. The molecule has 0 amide bonds. The van der Waals surface area contributed by atoms with E-state index in [1.165, 1.54) is 0 Å². The second kappa shape index (κ2) is 4.23. The largest absolute Gasteiger partial charge is 0.481 e. The van der Waals surface area contributed by atoms with Crippen molar-refractivity contribution in [2.24, 2.45) is 5.41 Å². The molecule has 5 heteroatoms. The number of nitrogens with zero attached hydrogens (tertiary/aromatic N) is 1. The highest BCUT2D eigenvalue weighted by molar-refractivity contribution is 5.75. The first kappa shape index (κ1) is 14.4. The third-order valence-electron chi connectivity index (χ3n) is 4.46. The summed E-state index contributed by atoms with van der Waals surface area (Å²) in [5.41, 5.74) is -1.29. The molecule has 0 spiro atoms. The summed E-state index contributed by atoms with van der Waals surface area (Å²) in [6, 6.07) is 0. The summed E-state index contributed by atoms with van der Waals surface area (Å²) in [5.74, 6) is -1.37. The van der Waals surface area contributed by atoms with Crippen molar-refractivity contribution in [3.63, 3.8) is 0 Å². The molecule has 0 aromatic heterocycles. The summed E-state index contributed by atoms with van der Waals surface area (Å²) >= 11 is 0. The lowest BCUT2D eigenvalue weighted by Gasteiger charge is -2.57. The van der Waals surface area contributed by atoms with E-state index < -0.39 is 22.7 Å². The lowest BCUT2D eigenvalue weighted by molar-refractivity contribution is -0.297. The molecular formula is C12H23NO4. The van der Waals surface area contributed by atoms with E-state index in [9.17, 15) is 9.90 Å². The summed E-state index contributed by atoms with van der Waals surface area (Å²) in [4.78, 5) is 13.4. The average molecular weight is 245 g/mol. The maximum absolute atomic E-state index is 11.3. The maximum Gasteiger partial charge on any atom is 0.310 e. The number of carbonyl (C=O) groups is 1. The zero-order chi connectivity index (χ0) is 13.5. The van der Waals surface area contributed by atoms with Crippen molar-refractivity contribution in [2.75, 3.05) is 27.3 Å². The fourth-order valence-corrected chi connectivity index (χ4v) is 1.93. The summed E-state index contributed by atoms with van der Waals surface area (Å²) in [7, 11) is 3.21. The van der Waals surface area contributed by atoms with Crippen molar-refractivity contribution in [3.05, 3.63) is 0 Å². The van der Waals surface area contributed by atoms with Gasteiger partial charge in [-0.15, -0.1) is 0 Å². The molecular weight excluding hydrogens is 222 g/mol. The number of hydrogen-bond donors (Lipinski definition) is 1. The zero-order valence-electron chi connectivity index (χ0n) is 11.5. The van der Waals surface area contributed by atoms with Crippen LogP contribution in [0.5, 0.6) is 0 Å². The molecule has 0 unspecified atom stereocenters. The van der Waals surface area contributed by atoms with Gasteiger partial charge in [-0.1, -0.05) is 0 Å². The van der Waals surface area contributed by atoms with Crippen LogP contribution in [0.4, 0.5) is 0 Å². The number of aliphatic carboxylic acids is 1. The fourth-order valence-electron chi connectivity index (χ4n) is 1.93. The van der Waals surface area contributed by atoms with Gasteiger partial charge in [0.15, 0.2) is 5.79 Å². The highest BCUT2D eigenvalue weighted by Gasteiger charge is 2.56. The van der Waals surface area contributed by atoms with Gasteiger partial charge in [0.2, 0.25) is 0 Å². The van der Waals surface area contributed by atoms with Crippen LogP contribution < -0.4 is 0 Å². The van der Waals surface area contributed by atoms with E-state index in [1.807, 2.05) is 13.8 Å². The molecule has 1 rings (SSSR count). The molecule has 5 nitrogen and oxygen atoms in total. The molecule has 1 saturated heterocycles. The van der Waals surface area contributed by atoms with Gasteiger partial charge in [-0.2, -0.15) is 0 Å². The van der Waals surface area contributed by atoms with Crippen LogP contribution in [0.2, 0.25) is 0 Å². The Morgan fingerprint density at radius 3 is 1.88 bits per heavy atom. The van der Waals surface area contributed by atoms with Gasteiger partial charge in [0.05, 0.1) is 18.5 Å². The van der Waals surface area contributed by atoms with Crippen LogP contribution in [0.3, 0.4) is 0 Å². The molecule has 0 bridgehead atoms. The van der Waals surface area contributed by atoms with Crippen LogP contribution in [-0.4, -0.2) is 54.6 Å². The Balaban J connectivity index is 2.80. The number of carboxylic acids is 1. The summed E-state index contributed by atoms with van der Waals surface area (Å²) in [6.07, 6.45) is 0. The summed E-state index contributed by atoms with van der Waals surface area (Å²) < 4.78 is 10.6. The van der Waals surface area contributed by atoms with Gasteiger partial charge < -0.3 is 14.6 Å². The van der Waals surface area contributed by atoms with Gasteiger partial charge in [0.25, 0.3) is 0 Å². The molecule has 100 valence electrons. The highest BCUT2D eigenvalue weighted by atomic mass is 16.7. The molecule has 1 N–H and O–H groups in total. The minimum Gasteiger partial charge on any atom is -0.481 e. The number of hydrogen-bond acceptors (Lipinski definition) is 4. The lowest BCUT2D eigenvalue weighted by Crippen LogP contribution is -2.72. The minimum atomic E-state index is -0.833. The van der Waals surface area contributed by atoms with Crippen LogP contribution in [-0.2, 0) is 14.3 Å². The molecule has 0 aromatic carbocycles. The molecule has 1 aliphatic rings. The van der Waals surface area contributed by atoms with Gasteiger partial charge in [-0.25, -0.2) is 0 Å². The van der Waals surface area contributed by atoms with Crippen LogP contribution in [0.25, 0.3) is 0 Å². The third kappa shape index (κ3) is 2.07. The molecule has 0 radical (unpaired) electrons. The molecule has 0 atom stereocenters. The maximum atomic E-state index is 11.3. The Morgan fingerprint density at radius 2 is 1.59 bits per heavy atom. The second-order valence-corrected chi connectivity index (χ2v) is 5.66. The first-order valence-electron chi connectivity index (χ1n) is 5.72. The monoisotopic (exact) mass is 245 g/mol. The van der Waals surface area contributed by atoms with Crippen LogP contribution in [0.1, 0.15) is 27.7 Å². The fraction of sp³-hybridized carbons (Fsp3) is 0.917. The molecule has 1 aliphatic heterocycles. The van der Waals surface area contributed by atoms with Gasteiger partial charge in [0, 0.05) is 19.8 Å². The van der Waals surface area contributed by atoms with E-state index in [1.54, 1.807) is 28.1 Å². The quantitative estimate of drug-likeness (QED) is 0.737. The average Bonchev–Trinajstić information content (AvgIpc) is 2.16. The number of carboxylic acid groups (broad SMARTS) is 1. The van der Waals surface area contributed by atoms with E-state index >= 15 is 0 Å². The number of methoxy groups -OCH3 is 2. The SMILES string of the molecule is COC1(OC)CN(C(C)(C)C(C)(C)C(=O)O)C1. The summed E-state index contributed by atoms with van der Waals surface area (Å²) in [6.45, 7) is 8.55. The van der Waals surface area contributed by atoms with Gasteiger partial charge in [-0.3, -0.25) is 9.69 Å². The van der Waals surface area contributed by atoms with Crippen LogP contribution >= 0.6 is 0 Å². The Labute approximate surface area is 103 Å². The second-order valence-electron chi connectivity index (χ2n) is 5.66. The normalized spacial score (nSPS) is 21.1. The molecule has 0 aliphatic carbocycles. The first-order chi connectivity index (χ1) is 7.63. The first-order valence-corrected chi connectivity index (χ1v) is 5.72. The zero-order valence-corrected chi connectivity index (χ0v) is 11.5. The van der Waals surface area contributed by atoms with Crippen molar-refractivity contribution < 1.29 is 19.4 Å². The van der Waals surface area contributed by atoms with Crippen molar-refractivity contribution in [1.82, 2.24) is 4.90 Å². The Kier molecular flexibility index (Phi) is 3.58. The van der Waals surface area contributed by atoms with Gasteiger partial charge in [-0.05, 0) is 27.7 Å². The molecule has 0 saturated carbocycles. The van der Waals surface area contributed by atoms with Crippen LogP contribution in [0.15, 0.2) is 0 Å². The van der Waals surface area contributed by atoms with Crippen molar-refractivity contribution in [2.45, 2.75) is 39.0 Å². The smallest absolute Gasteiger partial charge is 0.310 e. The Bertz CT molecular complexity index is 300. The van der Waals surface area contributed by atoms with E-state index in [-0.39, 0.29) is 0 Å². The number of rotatable bonds is 5. The highest BCUT2D eigenvalue weighted by Crippen LogP contribution is 2.41. The van der Waals surface area contributed by atoms with Crippen molar-refractivity contribution >= 4 is 5.97 Å². The van der Waals surface area contributed by atoms with Crippen molar-refractivity contribution in [3.8, 4) is 0 Å². The number of ether oxygens (including phenoxy) is 2. The van der Waals surface area contributed by atoms with E-state index in [0.29, 0.717) is 13.1 Å². The van der Waals surface area contributed by atoms with Crippen molar-refractivity contribution in [1.29, 1.82) is 0 Å². The topological polar surface area (TPSA) is 59.0 Å². The third-order valence-corrected chi connectivity index (χ3v) is 4.46.